The third kappa shape index (κ3) is 3.26. The van der Waals surface area contributed by atoms with E-state index in [4.69, 9.17) is 15.5 Å². The summed E-state index contributed by atoms with van der Waals surface area (Å²) in [7, 11) is 0. The van der Waals surface area contributed by atoms with Gasteiger partial charge in [-0.2, -0.15) is 5.26 Å². The molecule has 2 aromatic rings. The van der Waals surface area contributed by atoms with Gasteiger partial charge in [0.05, 0.1) is 12.2 Å². The van der Waals surface area contributed by atoms with Gasteiger partial charge < -0.3 is 15.4 Å². The lowest BCUT2D eigenvalue weighted by molar-refractivity contribution is -0.142. The van der Waals surface area contributed by atoms with E-state index >= 15 is 0 Å². The molecule has 1 atom stereocenters. The van der Waals surface area contributed by atoms with Crippen LogP contribution in [0.15, 0.2) is 29.3 Å². The molecule has 1 saturated heterocycles. The zero-order chi connectivity index (χ0) is 21.6. The Morgan fingerprint density at radius 1 is 1.32 bits per heavy atom. The van der Waals surface area contributed by atoms with Crippen molar-refractivity contribution < 1.29 is 9.53 Å². The maximum absolute atomic E-state index is 11.4. The lowest BCUT2D eigenvalue weighted by Crippen LogP contribution is -2.45. The lowest BCUT2D eigenvalue weighted by Gasteiger charge is -2.43. The molecule has 2 N–H and O–H groups in total. The second-order valence-corrected chi connectivity index (χ2v) is 8.55. The second kappa shape index (κ2) is 7.43. The molecule has 31 heavy (non-hydrogen) atoms. The Kier molecular flexibility index (Phi) is 4.71. The predicted octanol–water partition coefficient (Wildman–Crippen LogP) is 2.21. The van der Waals surface area contributed by atoms with Crippen LogP contribution in [0, 0.1) is 16.7 Å². The summed E-state index contributed by atoms with van der Waals surface area (Å²) in [4.78, 5) is 27.3. The number of piperidine rings is 1. The molecule has 8 heteroatoms. The van der Waals surface area contributed by atoms with Gasteiger partial charge in [0.15, 0.2) is 11.5 Å². The van der Waals surface area contributed by atoms with Gasteiger partial charge in [0.2, 0.25) is 0 Å². The fraction of sp³-hybridized carbons (Fsp3) is 0.435. The van der Waals surface area contributed by atoms with Crippen LogP contribution in [0.5, 0.6) is 0 Å². The van der Waals surface area contributed by atoms with E-state index in [2.05, 4.69) is 45.2 Å². The molecule has 0 bridgehead atoms. The average molecular weight is 416 g/mol. The van der Waals surface area contributed by atoms with Crippen LogP contribution >= 0.6 is 0 Å². The van der Waals surface area contributed by atoms with Crippen LogP contribution in [0.25, 0.3) is 0 Å². The van der Waals surface area contributed by atoms with Crippen molar-refractivity contribution in [2.45, 2.75) is 45.4 Å². The molecule has 158 valence electrons. The van der Waals surface area contributed by atoms with Crippen molar-refractivity contribution in [2.75, 3.05) is 18.0 Å². The standard InChI is InChI=1S/C23H24N6O2/c1-14(30)31-13-19-22(28-18-12-26-17(11-24)20(18)27-19)29-8-6-23(7-9-29)10-15-4-2-3-5-16(15)21(23)25/h2-5,21H,6-10,12-13,25H2,1H3/t21-/m1/s1. The summed E-state index contributed by atoms with van der Waals surface area (Å²) in [6, 6.07) is 10.6. The number of nitrogens with two attached hydrogens (primary N) is 1. The number of fused-ring (bicyclic) bond motifs is 2. The SMILES string of the molecule is CC(=O)OCc1nc2c(nc1N1CCC3(CC1)Cc1ccccc1[C@H]3N)CN=C2C#N. The van der Waals surface area contributed by atoms with Crippen molar-refractivity contribution in [2.24, 2.45) is 16.1 Å². The minimum atomic E-state index is -0.380. The Bertz CT molecular complexity index is 1130. The number of carbonyl (C=O) groups excluding carboxylic acids is 1. The van der Waals surface area contributed by atoms with Crippen LogP contribution in [-0.2, 0) is 29.1 Å². The molecule has 1 aliphatic carbocycles. The summed E-state index contributed by atoms with van der Waals surface area (Å²) in [6.07, 6.45) is 2.91. The molecule has 8 nitrogen and oxygen atoms in total. The number of rotatable bonds is 3. The van der Waals surface area contributed by atoms with Crippen LogP contribution in [0.2, 0.25) is 0 Å². The molecule has 0 radical (unpaired) electrons. The van der Waals surface area contributed by atoms with E-state index in [1.165, 1.54) is 18.1 Å². The molecule has 2 aliphatic heterocycles. The Balaban J connectivity index is 1.40. The van der Waals surface area contributed by atoms with Gasteiger partial charge >= 0.3 is 5.97 Å². The van der Waals surface area contributed by atoms with Crippen LogP contribution < -0.4 is 10.6 Å². The number of nitriles is 1. The number of benzene rings is 1. The van der Waals surface area contributed by atoms with Gasteiger partial charge in [0, 0.05) is 26.1 Å². The molecule has 3 heterocycles. The first-order chi connectivity index (χ1) is 15.0. The van der Waals surface area contributed by atoms with E-state index in [1.54, 1.807) is 0 Å². The number of anilines is 1. The average Bonchev–Trinajstić information content (AvgIpc) is 3.30. The minimum absolute atomic E-state index is 0.0241. The Labute approximate surface area is 180 Å². The lowest BCUT2D eigenvalue weighted by atomic mass is 9.73. The number of carbonyl (C=O) groups is 1. The smallest absolute Gasteiger partial charge is 0.303 e. The highest BCUT2D eigenvalue weighted by Gasteiger charge is 2.46. The van der Waals surface area contributed by atoms with Crippen LogP contribution in [-0.4, -0.2) is 34.7 Å². The third-order valence-electron chi connectivity index (χ3n) is 6.80. The number of esters is 1. The number of ether oxygens (including phenoxy) is 1. The predicted molar refractivity (Wildman–Crippen MR) is 114 cm³/mol. The molecule has 0 unspecified atom stereocenters. The highest BCUT2D eigenvalue weighted by Crippen LogP contribution is 2.51. The highest BCUT2D eigenvalue weighted by molar-refractivity contribution is 6.12. The van der Waals surface area contributed by atoms with Crippen molar-refractivity contribution in [3.8, 4) is 6.07 Å². The van der Waals surface area contributed by atoms with E-state index in [0.717, 1.165) is 32.4 Å². The fourth-order valence-electron chi connectivity index (χ4n) is 5.10. The van der Waals surface area contributed by atoms with Gasteiger partial charge in [-0.15, -0.1) is 0 Å². The summed E-state index contributed by atoms with van der Waals surface area (Å²) in [5, 5.41) is 9.30. The molecule has 0 saturated carbocycles. The number of hydrogen-bond acceptors (Lipinski definition) is 8. The minimum Gasteiger partial charge on any atom is -0.459 e. The van der Waals surface area contributed by atoms with Crippen LogP contribution in [0.3, 0.4) is 0 Å². The van der Waals surface area contributed by atoms with Gasteiger partial charge in [0.1, 0.15) is 24.1 Å². The van der Waals surface area contributed by atoms with Crippen molar-refractivity contribution in [1.82, 2.24) is 9.97 Å². The maximum Gasteiger partial charge on any atom is 0.303 e. The molecular formula is C23H24N6O2. The number of aliphatic imine (C=N–C) groups is 1. The Morgan fingerprint density at radius 3 is 2.81 bits per heavy atom. The Morgan fingerprint density at radius 2 is 2.10 bits per heavy atom. The highest BCUT2D eigenvalue weighted by atomic mass is 16.5. The first-order valence-corrected chi connectivity index (χ1v) is 10.6. The topological polar surface area (TPSA) is 117 Å². The largest absolute Gasteiger partial charge is 0.459 e. The van der Waals surface area contributed by atoms with Gasteiger partial charge in [0.25, 0.3) is 0 Å². The Hall–Kier alpha value is -3.31. The molecule has 0 amide bonds. The summed E-state index contributed by atoms with van der Waals surface area (Å²) in [6.45, 7) is 3.34. The summed E-state index contributed by atoms with van der Waals surface area (Å²) < 4.78 is 5.23. The summed E-state index contributed by atoms with van der Waals surface area (Å²) >= 11 is 0. The quantitative estimate of drug-likeness (QED) is 0.762. The fourth-order valence-corrected chi connectivity index (χ4v) is 5.10. The monoisotopic (exact) mass is 416 g/mol. The van der Waals surface area contributed by atoms with E-state index in [1.807, 2.05) is 0 Å². The van der Waals surface area contributed by atoms with E-state index < -0.39 is 0 Å². The molecule has 1 fully saturated rings. The number of hydrogen-bond donors (Lipinski definition) is 1. The second-order valence-electron chi connectivity index (χ2n) is 8.55. The maximum atomic E-state index is 11.4. The van der Waals surface area contributed by atoms with Crippen LogP contribution in [0.1, 0.15) is 54.0 Å². The van der Waals surface area contributed by atoms with Gasteiger partial charge in [-0.05, 0) is 35.8 Å². The molecule has 1 aromatic carbocycles. The number of aromatic nitrogens is 2. The first kappa shape index (κ1) is 19.6. The van der Waals surface area contributed by atoms with Crippen molar-refractivity contribution in [3.63, 3.8) is 0 Å². The van der Waals surface area contributed by atoms with Gasteiger partial charge in [-0.1, -0.05) is 24.3 Å². The zero-order valence-corrected chi connectivity index (χ0v) is 17.5. The van der Waals surface area contributed by atoms with Crippen molar-refractivity contribution in [3.05, 3.63) is 52.5 Å². The van der Waals surface area contributed by atoms with Gasteiger partial charge in [-0.3, -0.25) is 9.79 Å². The molecule has 1 spiro atoms. The molecule has 3 aliphatic rings. The van der Waals surface area contributed by atoms with Crippen molar-refractivity contribution >= 4 is 17.5 Å². The van der Waals surface area contributed by atoms with E-state index in [0.29, 0.717) is 29.4 Å². The third-order valence-corrected chi connectivity index (χ3v) is 6.80. The first-order valence-electron chi connectivity index (χ1n) is 10.6. The van der Waals surface area contributed by atoms with Gasteiger partial charge in [-0.25, -0.2) is 9.97 Å². The normalized spacial score (nSPS) is 20.7. The number of nitrogens with zero attached hydrogens (tertiary/aromatic N) is 5. The summed E-state index contributed by atoms with van der Waals surface area (Å²) in [5.41, 5.74) is 11.4. The molecular weight excluding hydrogens is 392 g/mol. The summed E-state index contributed by atoms with van der Waals surface area (Å²) in [5.74, 6) is 0.336. The zero-order valence-electron chi connectivity index (χ0n) is 17.5. The molecule has 1 aromatic heterocycles. The molecule has 5 rings (SSSR count). The van der Waals surface area contributed by atoms with E-state index in [-0.39, 0.29) is 29.7 Å². The van der Waals surface area contributed by atoms with E-state index in [9.17, 15) is 10.1 Å². The van der Waals surface area contributed by atoms with Crippen molar-refractivity contribution in [1.29, 1.82) is 5.26 Å². The van der Waals surface area contributed by atoms with Crippen LogP contribution in [0.4, 0.5) is 5.82 Å².